The lowest BCUT2D eigenvalue weighted by Crippen LogP contribution is -2.42. The van der Waals surface area contributed by atoms with E-state index in [4.69, 9.17) is 0 Å². The number of hydrogen-bond donors (Lipinski definition) is 1. The van der Waals surface area contributed by atoms with Crippen molar-refractivity contribution in [2.75, 3.05) is 18.4 Å². The maximum atomic E-state index is 13.0. The Bertz CT molecular complexity index is 936. The Kier molecular flexibility index (Phi) is 6.22. The first kappa shape index (κ1) is 20.3. The van der Waals surface area contributed by atoms with E-state index in [0.717, 1.165) is 9.99 Å². The van der Waals surface area contributed by atoms with Gasteiger partial charge in [-0.2, -0.15) is 4.31 Å². The third-order valence-electron chi connectivity index (χ3n) is 4.65. The fourth-order valence-corrected chi connectivity index (χ4v) is 5.79. The van der Waals surface area contributed by atoms with E-state index in [9.17, 15) is 13.2 Å². The van der Waals surface area contributed by atoms with Crippen LogP contribution in [0, 0.1) is 15.4 Å². The monoisotopic (exact) mass is 498 g/mol. The van der Waals surface area contributed by atoms with Crippen LogP contribution < -0.4 is 5.32 Å². The summed E-state index contributed by atoms with van der Waals surface area (Å²) in [5, 5.41) is 2.82. The Labute approximate surface area is 174 Å². The smallest absolute Gasteiger partial charge is 0.255 e. The minimum atomic E-state index is -3.61. The van der Waals surface area contributed by atoms with E-state index in [1.54, 1.807) is 28.6 Å². The van der Waals surface area contributed by atoms with Crippen LogP contribution >= 0.6 is 22.6 Å². The van der Waals surface area contributed by atoms with Crippen LogP contribution in [0.3, 0.4) is 0 Å². The molecule has 2 aromatic carbocycles. The Morgan fingerprint density at radius 2 is 1.74 bits per heavy atom. The van der Waals surface area contributed by atoms with Gasteiger partial charge in [0.1, 0.15) is 0 Å². The highest BCUT2D eigenvalue weighted by molar-refractivity contribution is 14.1. The minimum absolute atomic E-state index is 0.166. The summed E-state index contributed by atoms with van der Waals surface area (Å²) in [4.78, 5) is 12.7. The molecule has 7 heteroatoms. The molecule has 0 aromatic heterocycles. The Morgan fingerprint density at radius 1 is 1.07 bits per heavy atom. The van der Waals surface area contributed by atoms with Gasteiger partial charge in [-0.3, -0.25) is 4.79 Å². The van der Waals surface area contributed by atoms with E-state index >= 15 is 0 Å². The number of piperidine rings is 1. The Hall–Kier alpha value is -1.45. The van der Waals surface area contributed by atoms with E-state index < -0.39 is 10.0 Å². The molecule has 0 spiro atoms. The van der Waals surface area contributed by atoms with Gasteiger partial charge in [0.15, 0.2) is 0 Å². The van der Waals surface area contributed by atoms with Crippen LogP contribution in [0.15, 0.2) is 53.4 Å². The zero-order valence-corrected chi connectivity index (χ0v) is 18.3. The second kappa shape index (κ2) is 8.28. The average Bonchev–Trinajstić information content (AvgIpc) is 2.61. The summed E-state index contributed by atoms with van der Waals surface area (Å²) < 4.78 is 28.7. The van der Waals surface area contributed by atoms with Crippen LogP contribution in [0.1, 0.15) is 30.6 Å². The van der Waals surface area contributed by atoms with Gasteiger partial charge in [-0.1, -0.05) is 26.0 Å². The normalized spacial score (nSPS) is 21.0. The molecule has 1 fully saturated rings. The molecule has 0 radical (unpaired) electrons. The summed E-state index contributed by atoms with van der Waals surface area (Å²) in [6.07, 6.45) is 1.03. The van der Waals surface area contributed by atoms with Crippen molar-refractivity contribution >= 4 is 44.2 Å². The number of anilines is 1. The van der Waals surface area contributed by atoms with Crippen molar-refractivity contribution in [2.24, 2.45) is 11.8 Å². The minimum Gasteiger partial charge on any atom is -0.322 e. The van der Waals surface area contributed by atoms with Crippen molar-refractivity contribution in [3.63, 3.8) is 0 Å². The quantitative estimate of drug-likeness (QED) is 0.643. The first-order chi connectivity index (χ1) is 12.8. The molecule has 0 aliphatic carbocycles. The molecule has 1 saturated heterocycles. The number of nitrogens with zero attached hydrogens (tertiary/aromatic N) is 1. The van der Waals surface area contributed by atoms with Gasteiger partial charge in [-0.25, -0.2) is 8.42 Å². The lowest BCUT2D eigenvalue weighted by atomic mass is 9.94. The molecule has 5 nitrogen and oxygen atoms in total. The lowest BCUT2D eigenvalue weighted by molar-refractivity contribution is 0.102. The van der Waals surface area contributed by atoms with Gasteiger partial charge in [0, 0.05) is 27.9 Å². The predicted octanol–water partition coefficient (Wildman–Crippen LogP) is 4.21. The highest BCUT2D eigenvalue weighted by Crippen LogP contribution is 2.27. The molecule has 1 N–H and O–H groups in total. The third kappa shape index (κ3) is 4.89. The molecule has 1 aliphatic heterocycles. The number of carbonyl (C=O) groups is 1. The SMILES string of the molecule is CC1CC(C)CN(S(=O)(=O)c2cccc(C(=O)Nc3cccc(I)c3)c2)C1. The second-order valence-corrected chi connectivity index (χ2v) is 10.4. The number of hydrogen-bond acceptors (Lipinski definition) is 3. The molecular formula is C20H23IN2O3S. The molecule has 0 bridgehead atoms. The van der Waals surface area contributed by atoms with Gasteiger partial charge < -0.3 is 5.32 Å². The molecule has 0 saturated carbocycles. The molecule has 3 rings (SSSR count). The fraction of sp³-hybridized carbons (Fsp3) is 0.350. The Morgan fingerprint density at radius 3 is 2.41 bits per heavy atom. The fourth-order valence-electron chi connectivity index (χ4n) is 3.52. The van der Waals surface area contributed by atoms with Crippen LogP contribution in [-0.2, 0) is 10.0 Å². The Balaban J connectivity index is 1.83. The molecule has 1 aliphatic rings. The number of amides is 1. The molecule has 27 heavy (non-hydrogen) atoms. The first-order valence-electron chi connectivity index (χ1n) is 8.93. The van der Waals surface area contributed by atoms with Crippen LogP contribution in [-0.4, -0.2) is 31.7 Å². The maximum Gasteiger partial charge on any atom is 0.255 e. The summed E-state index contributed by atoms with van der Waals surface area (Å²) in [5.41, 5.74) is 1.01. The highest BCUT2D eigenvalue weighted by Gasteiger charge is 2.31. The molecular weight excluding hydrogens is 475 g/mol. The average molecular weight is 498 g/mol. The van der Waals surface area contributed by atoms with E-state index in [1.165, 1.54) is 6.07 Å². The van der Waals surface area contributed by atoms with Crippen molar-refractivity contribution in [1.82, 2.24) is 4.31 Å². The van der Waals surface area contributed by atoms with Gasteiger partial charge in [-0.15, -0.1) is 0 Å². The summed E-state index contributed by atoms with van der Waals surface area (Å²) in [7, 11) is -3.61. The third-order valence-corrected chi connectivity index (χ3v) is 7.15. The standard InChI is InChI=1S/C20H23IN2O3S/c1-14-9-15(2)13-23(12-14)27(25,26)19-8-3-5-16(10-19)20(24)22-18-7-4-6-17(21)11-18/h3-8,10-11,14-15H,9,12-13H2,1-2H3,(H,22,24). The van der Waals surface area contributed by atoms with E-state index in [1.807, 2.05) is 18.2 Å². The number of sulfonamides is 1. The van der Waals surface area contributed by atoms with Crippen LogP contribution in [0.5, 0.6) is 0 Å². The molecule has 2 aromatic rings. The number of carbonyl (C=O) groups excluding carboxylic acids is 1. The topological polar surface area (TPSA) is 66.5 Å². The van der Waals surface area contributed by atoms with Crippen LogP contribution in [0.25, 0.3) is 0 Å². The van der Waals surface area contributed by atoms with Gasteiger partial charge in [0.2, 0.25) is 10.0 Å². The van der Waals surface area contributed by atoms with E-state index in [-0.39, 0.29) is 10.8 Å². The van der Waals surface area contributed by atoms with Crippen molar-refractivity contribution in [1.29, 1.82) is 0 Å². The van der Waals surface area contributed by atoms with Crippen molar-refractivity contribution in [3.05, 3.63) is 57.7 Å². The molecule has 144 valence electrons. The molecule has 1 amide bonds. The number of benzene rings is 2. The lowest BCUT2D eigenvalue weighted by Gasteiger charge is -2.34. The predicted molar refractivity (Wildman–Crippen MR) is 115 cm³/mol. The van der Waals surface area contributed by atoms with Crippen molar-refractivity contribution in [3.8, 4) is 0 Å². The summed E-state index contributed by atoms with van der Waals surface area (Å²) >= 11 is 2.17. The molecule has 1 heterocycles. The van der Waals surface area contributed by atoms with Crippen LogP contribution in [0.4, 0.5) is 5.69 Å². The zero-order chi connectivity index (χ0) is 19.6. The first-order valence-corrected chi connectivity index (χ1v) is 11.4. The number of halogens is 1. The number of rotatable bonds is 4. The summed E-state index contributed by atoms with van der Waals surface area (Å²) in [5.74, 6) is 0.334. The zero-order valence-electron chi connectivity index (χ0n) is 15.4. The summed E-state index contributed by atoms with van der Waals surface area (Å²) in [6, 6.07) is 13.7. The highest BCUT2D eigenvalue weighted by atomic mass is 127. The summed E-state index contributed by atoms with van der Waals surface area (Å²) in [6.45, 7) is 5.18. The van der Waals surface area contributed by atoms with Gasteiger partial charge in [-0.05, 0) is 77.2 Å². The van der Waals surface area contributed by atoms with Crippen LogP contribution in [0.2, 0.25) is 0 Å². The van der Waals surface area contributed by atoms with Gasteiger partial charge >= 0.3 is 0 Å². The van der Waals surface area contributed by atoms with Crippen molar-refractivity contribution < 1.29 is 13.2 Å². The maximum absolute atomic E-state index is 13.0. The molecule has 2 atom stereocenters. The van der Waals surface area contributed by atoms with E-state index in [2.05, 4.69) is 41.8 Å². The van der Waals surface area contributed by atoms with Gasteiger partial charge in [0.25, 0.3) is 5.91 Å². The largest absolute Gasteiger partial charge is 0.322 e. The van der Waals surface area contributed by atoms with Crippen molar-refractivity contribution in [2.45, 2.75) is 25.2 Å². The second-order valence-electron chi connectivity index (χ2n) is 7.26. The van der Waals surface area contributed by atoms with E-state index in [0.29, 0.717) is 36.2 Å². The van der Waals surface area contributed by atoms with Gasteiger partial charge in [0.05, 0.1) is 4.90 Å². The molecule has 2 unspecified atom stereocenters. The number of nitrogens with one attached hydrogen (secondary N) is 1.